The summed E-state index contributed by atoms with van der Waals surface area (Å²) < 4.78 is 27.5. The number of rotatable bonds is 7. The summed E-state index contributed by atoms with van der Waals surface area (Å²) in [4.78, 5) is 27.4. The van der Waals surface area contributed by atoms with Crippen molar-refractivity contribution in [1.29, 1.82) is 0 Å². The highest BCUT2D eigenvalue weighted by atomic mass is 32.2. The first-order valence-corrected chi connectivity index (χ1v) is 9.54. The lowest BCUT2D eigenvalue weighted by molar-refractivity contribution is -0.114. The molecule has 0 saturated carbocycles. The number of carbonyl (C=O) groups excluding carboxylic acids is 1. The van der Waals surface area contributed by atoms with Crippen LogP contribution in [0.3, 0.4) is 0 Å². The van der Waals surface area contributed by atoms with E-state index in [0.717, 1.165) is 0 Å². The van der Waals surface area contributed by atoms with Crippen molar-refractivity contribution in [3.8, 4) is 0 Å². The van der Waals surface area contributed by atoms with Crippen molar-refractivity contribution in [2.75, 3.05) is 43.3 Å². The third-order valence-corrected chi connectivity index (χ3v) is 4.78. The second kappa shape index (κ2) is 8.27. The first-order chi connectivity index (χ1) is 12.6. The highest BCUT2D eigenvalue weighted by molar-refractivity contribution is 7.89. The Morgan fingerprint density at radius 2 is 1.48 bits per heavy atom. The van der Waals surface area contributed by atoms with Crippen molar-refractivity contribution in [3.63, 3.8) is 0 Å². The van der Waals surface area contributed by atoms with Crippen LogP contribution < -0.4 is 19.8 Å². The van der Waals surface area contributed by atoms with E-state index in [1.165, 1.54) is 31.2 Å². The molecular formula is C16H23N7O3S. The molecule has 1 aromatic carbocycles. The molecule has 0 aliphatic heterocycles. The molecule has 1 aromatic heterocycles. The molecule has 0 radical (unpaired) electrons. The monoisotopic (exact) mass is 393 g/mol. The van der Waals surface area contributed by atoms with E-state index < -0.39 is 10.0 Å². The van der Waals surface area contributed by atoms with Gasteiger partial charge in [-0.05, 0) is 24.3 Å². The van der Waals surface area contributed by atoms with Crippen LogP contribution in [-0.2, 0) is 21.4 Å². The van der Waals surface area contributed by atoms with Crippen LogP contribution in [-0.4, -0.2) is 57.5 Å². The Labute approximate surface area is 158 Å². The molecule has 0 fully saturated rings. The summed E-state index contributed by atoms with van der Waals surface area (Å²) in [6.07, 6.45) is 0. The fourth-order valence-corrected chi connectivity index (χ4v) is 3.02. The summed E-state index contributed by atoms with van der Waals surface area (Å²) in [5.74, 6) is 0.938. The van der Waals surface area contributed by atoms with Crippen molar-refractivity contribution in [2.45, 2.75) is 18.4 Å². The summed E-state index contributed by atoms with van der Waals surface area (Å²) in [5.41, 5.74) is 0.519. The summed E-state index contributed by atoms with van der Waals surface area (Å²) in [7, 11) is 3.40. The smallest absolute Gasteiger partial charge is 0.240 e. The van der Waals surface area contributed by atoms with Gasteiger partial charge in [0.1, 0.15) is 0 Å². The highest BCUT2D eigenvalue weighted by Crippen LogP contribution is 2.15. The molecule has 0 bridgehead atoms. The van der Waals surface area contributed by atoms with E-state index in [1.807, 2.05) is 0 Å². The van der Waals surface area contributed by atoms with Crippen molar-refractivity contribution in [3.05, 3.63) is 30.1 Å². The van der Waals surface area contributed by atoms with Crippen LogP contribution >= 0.6 is 0 Å². The summed E-state index contributed by atoms with van der Waals surface area (Å²) in [6, 6.07) is 5.87. The van der Waals surface area contributed by atoms with Crippen LogP contribution in [0.25, 0.3) is 0 Å². The Morgan fingerprint density at radius 3 is 1.93 bits per heavy atom. The maximum absolute atomic E-state index is 12.5. The minimum Gasteiger partial charge on any atom is -0.347 e. The van der Waals surface area contributed by atoms with Gasteiger partial charge < -0.3 is 15.1 Å². The molecule has 2 N–H and O–H groups in total. The molecule has 0 spiro atoms. The third kappa shape index (κ3) is 5.59. The third-order valence-electron chi connectivity index (χ3n) is 3.36. The average molecular weight is 393 g/mol. The van der Waals surface area contributed by atoms with Gasteiger partial charge in [-0.25, -0.2) is 13.1 Å². The number of sulfonamides is 1. The lowest BCUT2D eigenvalue weighted by atomic mass is 10.3. The highest BCUT2D eigenvalue weighted by Gasteiger charge is 2.16. The van der Waals surface area contributed by atoms with Gasteiger partial charge in [-0.15, -0.1) is 0 Å². The normalized spacial score (nSPS) is 11.1. The van der Waals surface area contributed by atoms with E-state index in [2.05, 4.69) is 25.0 Å². The SMILES string of the molecule is CC(=O)Nc1ccc(S(=O)(=O)NCc2nc(N(C)C)nc(N(C)C)n2)cc1. The maximum atomic E-state index is 12.5. The maximum Gasteiger partial charge on any atom is 0.240 e. The van der Waals surface area contributed by atoms with Crippen LogP contribution in [0.2, 0.25) is 0 Å². The minimum absolute atomic E-state index is 0.0753. The molecule has 0 atom stereocenters. The molecule has 1 heterocycles. The van der Waals surface area contributed by atoms with Gasteiger partial charge in [-0.2, -0.15) is 15.0 Å². The van der Waals surface area contributed by atoms with Gasteiger partial charge in [0.2, 0.25) is 27.8 Å². The predicted molar refractivity (Wildman–Crippen MR) is 103 cm³/mol. The summed E-state index contributed by atoms with van der Waals surface area (Å²) in [6.45, 7) is 1.30. The molecule has 11 heteroatoms. The molecule has 0 unspecified atom stereocenters. The van der Waals surface area contributed by atoms with E-state index in [-0.39, 0.29) is 17.3 Å². The molecule has 10 nitrogen and oxygen atoms in total. The van der Waals surface area contributed by atoms with Crippen LogP contribution in [0.4, 0.5) is 17.6 Å². The lowest BCUT2D eigenvalue weighted by Gasteiger charge is -2.16. The van der Waals surface area contributed by atoms with Gasteiger partial charge in [0.15, 0.2) is 5.82 Å². The van der Waals surface area contributed by atoms with Crippen molar-refractivity contribution in [1.82, 2.24) is 19.7 Å². The van der Waals surface area contributed by atoms with Gasteiger partial charge >= 0.3 is 0 Å². The molecular weight excluding hydrogens is 370 g/mol. The van der Waals surface area contributed by atoms with Crippen LogP contribution in [0, 0.1) is 0 Å². The molecule has 2 aromatic rings. The predicted octanol–water partition coefficient (Wildman–Crippen LogP) is 0.441. The number of nitrogens with one attached hydrogen (secondary N) is 2. The topological polar surface area (TPSA) is 120 Å². The van der Waals surface area contributed by atoms with E-state index in [1.54, 1.807) is 38.0 Å². The van der Waals surface area contributed by atoms with Crippen molar-refractivity contribution in [2.24, 2.45) is 0 Å². The van der Waals surface area contributed by atoms with Crippen molar-refractivity contribution >= 4 is 33.5 Å². The van der Waals surface area contributed by atoms with Crippen LogP contribution in [0.15, 0.2) is 29.2 Å². The number of carbonyl (C=O) groups is 1. The number of benzene rings is 1. The Kier molecular flexibility index (Phi) is 6.28. The van der Waals surface area contributed by atoms with Gasteiger partial charge in [-0.3, -0.25) is 4.79 Å². The number of hydrogen-bond acceptors (Lipinski definition) is 8. The van der Waals surface area contributed by atoms with Gasteiger partial charge in [0.25, 0.3) is 0 Å². The number of hydrogen-bond donors (Lipinski definition) is 2. The minimum atomic E-state index is -3.76. The fraction of sp³-hybridized carbons (Fsp3) is 0.375. The van der Waals surface area contributed by atoms with Gasteiger partial charge in [0, 0.05) is 40.8 Å². The standard InChI is InChI=1S/C16H23N7O3S/c1-11(24)18-12-6-8-13(9-7-12)27(25,26)17-10-14-19-15(22(2)3)21-16(20-14)23(4)5/h6-9,17H,10H2,1-5H3,(H,18,24). The molecule has 0 saturated heterocycles. The molecule has 27 heavy (non-hydrogen) atoms. The van der Waals surface area contributed by atoms with E-state index in [0.29, 0.717) is 23.4 Å². The Morgan fingerprint density at radius 1 is 0.963 bits per heavy atom. The molecule has 0 aliphatic rings. The quantitative estimate of drug-likeness (QED) is 0.695. The lowest BCUT2D eigenvalue weighted by Crippen LogP contribution is -2.26. The number of nitrogens with zero attached hydrogens (tertiary/aromatic N) is 5. The van der Waals surface area contributed by atoms with E-state index in [4.69, 9.17) is 0 Å². The van der Waals surface area contributed by atoms with E-state index >= 15 is 0 Å². The molecule has 1 amide bonds. The second-order valence-electron chi connectivity index (χ2n) is 6.17. The Bertz CT molecular complexity index is 886. The average Bonchev–Trinajstić information content (AvgIpc) is 2.59. The zero-order valence-corrected chi connectivity index (χ0v) is 16.7. The molecule has 146 valence electrons. The summed E-state index contributed by atoms with van der Waals surface area (Å²) >= 11 is 0. The van der Waals surface area contributed by atoms with Crippen LogP contribution in [0.1, 0.15) is 12.7 Å². The van der Waals surface area contributed by atoms with E-state index in [9.17, 15) is 13.2 Å². The molecule has 2 rings (SSSR count). The molecule has 0 aliphatic carbocycles. The van der Waals surface area contributed by atoms with Crippen molar-refractivity contribution < 1.29 is 13.2 Å². The fourth-order valence-electron chi connectivity index (χ4n) is 2.04. The number of anilines is 3. The first kappa shape index (κ1) is 20.5. The van der Waals surface area contributed by atoms with Crippen LogP contribution in [0.5, 0.6) is 0 Å². The first-order valence-electron chi connectivity index (χ1n) is 8.05. The van der Waals surface area contributed by atoms with Gasteiger partial charge in [-0.1, -0.05) is 0 Å². The Hall–Kier alpha value is -2.79. The number of amides is 1. The second-order valence-corrected chi connectivity index (χ2v) is 7.94. The zero-order chi connectivity index (χ0) is 20.2. The zero-order valence-electron chi connectivity index (χ0n) is 15.9. The van der Waals surface area contributed by atoms with Gasteiger partial charge in [0.05, 0.1) is 11.4 Å². The number of aromatic nitrogens is 3. The summed E-state index contributed by atoms with van der Waals surface area (Å²) in [5, 5.41) is 2.58. The Balaban J connectivity index is 2.18. The largest absolute Gasteiger partial charge is 0.347 e.